The molecule has 2 aliphatic rings. The molecule has 0 bridgehead atoms. The van der Waals surface area contributed by atoms with Crippen molar-refractivity contribution < 1.29 is 9.53 Å². The number of carbonyl (C=O) groups excluding carboxylic acids is 1. The SMILES string of the molecule is O=CC1CC=C2NCSC2O1. The molecule has 0 aliphatic carbocycles. The molecule has 3 nitrogen and oxygen atoms in total. The normalized spacial score (nSPS) is 35.5. The molecular formula is C7H9NO2S. The van der Waals surface area contributed by atoms with E-state index in [1.165, 1.54) is 0 Å². The van der Waals surface area contributed by atoms with E-state index in [1.54, 1.807) is 11.8 Å². The van der Waals surface area contributed by atoms with Crippen molar-refractivity contribution in [2.45, 2.75) is 18.0 Å². The van der Waals surface area contributed by atoms with Crippen molar-refractivity contribution in [2.24, 2.45) is 0 Å². The summed E-state index contributed by atoms with van der Waals surface area (Å²) in [5.74, 6) is 0.891. The van der Waals surface area contributed by atoms with Crippen LogP contribution in [0.4, 0.5) is 0 Å². The van der Waals surface area contributed by atoms with Crippen LogP contribution in [-0.2, 0) is 9.53 Å². The number of hydrogen-bond acceptors (Lipinski definition) is 4. The Balaban J connectivity index is 2.10. The molecule has 0 saturated carbocycles. The first-order valence-electron chi connectivity index (χ1n) is 3.56. The summed E-state index contributed by atoms with van der Waals surface area (Å²) in [6, 6.07) is 0. The summed E-state index contributed by atoms with van der Waals surface area (Å²) in [6.07, 6.45) is 3.40. The van der Waals surface area contributed by atoms with Crippen LogP contribution in [0.25, 0.3) is 0 Å². The summed E-state index contributed by atoms with van der Waals surface area (Å²) in [4.78, 5) is 10.4. The smallest absolute Gasteiger partial charge is 0.149 e. The molecule has 0 aromatic heterocycles. The lowest BCUT2D eigenvalue weighted by molar-refractivity contribution is -0.118. The molecule has 0 aromatic carbocycles. The molecule has 0 radical (unpaired) electrons. The molecule has 2 atom stereocenters. The number of carbonyl (C=O) groups is 1. The third kappa shape index (κ3) is 1.28. The van der Waals surface area contributed by atoms with Gasteiger partial charge < -0.3 is 14.8 Å². The van der Waals surface area contributed by atoms with E-state index >= 15 is 0 Å². The largest absolute Gasteiger partial charge is 0.377 e. The van der Waals surface area contributed by atoms with E-state index in [1.807, 2.05) is 6.08 Å². The van der Waals surface area contributed by atoms with Crippen LogP contribution in [0.3, 0.4) is 0 Å². The third-order valence-electron chi connectivity index (χ3n) is 1.79. The lowest BCUT2D eigenvalue weighted by atomic mass is 10.2. The fourth-order valence-electron chi connectivity index (χ4n) is 1.20. The van der Waals surface area contributed by atoms with Gasteiger partial charge in [-0.25, -0.2) is 0 Å². The average Bonchev–Trinajstić information content (AvgIpc) is 2.50. The summed E-state index contributed by atoms with van der Waals surface area (Å²) in [5.41, 5.74) is 1.21. The van der Waals surface area contributed by atoms with Crippen molar-refractivity contribution in [3.05, 3.63) is 11.8 Å². The van der Waals surface area contributed by atoms with Crippen LogP contribution < -0.4 is 5.32 Å². The zero-order valence-electron chi connectivity index (χ0n) is 5.95. The fourth-order valence-corrected chi connectivity index (χ4v) is 2.18. The first-order valence-corrected chi connectivity index (χ1v) is 4.61. The number of fused-ring (bicyclic) bond motifs is 1. The van der Waals surface area contributed by atoms with E-state index in [-0.39, 0.29) is 11.5 Å². The molecule has 2 unspecified atom stereocenters. The maximum absolute atomic E-state index is 10.4. The van der Waals surface area contributed by atoms with Crippen LogP contribution in [0, 0.1) is 0 Å². The molecule has 11 heavy (non-hydrogen) atoms. The molecule has 60 valence electrons. The van der Waals surface area contributed by atoms with Crippen LogP contribution in [0.1, 0.15) is 6.42 Å². The predicted molar refractivity (Wildman–Crippen MR) is 43.0 cm³/mol. The van der Waals surface area contributed by atoms with E-state index in [0.29, 0.717) is 6.42 Å². The molecule has 1 saturated heterocycles. The molecule has 0 amide bonds. The Kier molecular flexibility index (Phi) is 1.87. The highest BCUT2D eigenvalue weighted by Gasteiger charge is 2.28. The van der Waals surface area contributed by atoms with Gasteiger partial charge >= 0.3 is 0 Å². The van der Waals surface area contributed by atoms with Gasteiger partial charge in [0.1, 0.15) is 17.8 Å². The van der Waals surface area contributed by atoms with E-state index in [0.717, 1.165) is 17.9 Å². The van der Waals surface area contributed by atoms with E-state index in [9.17, 15) is 4.79 Å². The predicted octanol–water partition coefficient (Wildman–Crippen LogP) is 0.478. The van der Waals surface area contributed by atoms with E-state index in [2.05, 4.69) is 5.32 Å². The van der Waals surface area contributed by atoms with E-state index < -0.39 is 0 Å². The summed E-state index contributed by atoms with van der Waals surface area (Å²) in [5, 5.41) is 3.19. The molecule has 1 N–H and O–H groups in total. The number of hydrogen-bond donors (Lipinski definition) is 1. The van der Waals surface area contributed by atoms with Crippen molar-refractivity contribution in [3.63, 3.8) is 0 Å². The Morgan fingerprint density at radius 2 is 2.73 bits per heavy atom. The molecule has 0 aromatic rings. The Morgan fingerprint density at radius 3 is 3.55 bits per heavy atom. The van der Waals surface area contributed by atoms with Crippen LogP contribution in [0.5, 0.6) is 0 Å². The second-order valence-corrected chi connectivity index (χ2v) is 3.58. The topological polar surface area (TPSA) is 38.3 Å². The van der Waals surface area contributed by atoms with Crippen LogP contribution in [0.15, 0.2) is 11.8 Å². The number of aldehydes is 1. The molecule has 4 heteroatoms. The first kappa shape index (κ1) is 7.18. The highest BCUT2D eigenvalue weighted by Crippen LogP contribution is 2.30. The lowest BCUT2D eigenvalue weighted by Gasteiger charge is -2.21. The Labute approximate surface area is 69.2 Å². The highest BCUT2D eigenvalue weighted by atomic mass is 32.2. The van der Waals surface area contributed by atoms with Gasteiger partial charge in [0.2, 0.25) is 0 Å². The van der Waals surface area contributed by atoms with Crippen LogP contribution in [0.2, 0.25) is 0 Å². The quantitative estimate of drug-likeness (QED) is 0.582. The minimum absolute atomic E-state index is 0.0824. The summed E-state index contributed by atoms with van der Waals surface area (Å²) in [6.45, 7) is 0. The van der Waals surface area contributed by atoms with Gasteiger partial charge in [0, 0.05) is 12.1 Å². The van der Waals surface area contributed by atoms with Gasteiger partial charge in [-0.3, -0.25) is 0 Å². The standard InChI is InChI=1S/C7H9NO2S/c9-3-5-1-2-6-7(10-5)11-4-8-6/h2-3,5,7-8H,1,4H2. The van der Waals surface area contributed by atoms with Crippen LogP contribution in [-0.4, -0.2) is 23.7 Å². The number of nitrogens with one attached hydrogen (secondary N) is 1. The molecule has 2 rings (SSSR count). The van der Waals surface area contributed by atoms with Gasteiger partial charge in [-0.1, -0.05) is 6.08 Å². The van der Waals surface area contributed by atoms with Gasteiger partial charge in [0.15, 0.2) is 0 Å². The van der Waals surface area contributed by atoms with Gasteiger partial charge in [0.05, 0.1) is 5.88 Å². The minimum Gasteiger partial charge on any atom is -0.377 e. The van der Waals surface area contributed by atoms with Crippen molar-refractivity contribution in [1.29, 1.82) is 0 Å². The van der Waals surface area contributed by atoms with Gasteiger partial charge in [0.25, 0.3) is 0 Å². The molecule has 2 aliphatic heterocycles. The van der Waals surface area contributed by atoms with Gasteiger partial charge in [-0.15, -0.1) is 11.8 Å². The van der Waals surface area contributed by atoms with Gasteiger partial charge in [-0.05, 0) is 0 Å². The van der Waals surface area contributed by atoms with Crippen molar-refractivity contribution in [1.82, 2.24) is 5.32 Å². The number of ether oxygens (including phenoxy) is 1. The summed E-state index contributed by atoms with van der Waals surface area (Å²) >= 11 is 1.68. The number of thioether (sulfide) groups is 1. The maximum atomic E-state index is 10.4. The summed E-state index contributed by atoms with van der Waals surface area (Å²) < 4.78 is 5.42. The third-order valence-corrected chi connectivity index (χ3v) is 2.76. The molecular weight excluding hydrogens is 162 g/mol. The zero-order chi connectivity index (χ0) is 7.68. The first-order chi connectivity index (χ1) is 5.40. The monoisotopic (exact) mass is 171 g/mol. The minimum atomic E-state index is -0.226. The Hall–Kier alpha value is -0.480. The van der Waals surface area contributed by atoms with E-state index in [4.69, 9.17) is 4.74 Å². The highest BCUT2D eigenvalue weighted by molar-refractivity contribution is 8.00. The molecule has 0 spiro atoms. The zero-order valence-corrected chi connectivity index (χ0v) is 6.76. The second kappa shape index (κ2) is 2.87. The van der Waals surface area contributed by atoms with Gasteiger partial charge in [-0.2, -0.15) is 0 Å². The summed E-state index contributed by atoms with van der Waals surface area (Å²) in [7, 11) is 0. The van der Waals surface area contributed by atoms with Crippen molar-refractivity contribution >= 4 is 18.0 Å². The maximum Gasteiger partial charge on any atom is 0.149 e. The number of rotatable bonds is 1. The molecule has 2 heterocycles. The Morgan fingerprint density at radius 1 is 1.82 bits per heavy atom. The van der Waals surface area contributed by atoms with Crippen LogP contribution >= 0.6 is 11.8 Å². The lowest BCUT2D eigenvalue weighted by Crippen LogP contribution is -2.26. The Bertz CT molecular complexity index is 205. The fraction of sp³-hybridized carbons (Fsp3) is 0.571. The molecule has 1 fully saturated rings. The van der Waals surface area contributed by atoms with Crippen molar-refractivity contribution in [3.8, 4) is 0 Å². The van der Waals surface area contributed by atoms with Crippen molar-refractivity contribution in [2.75, 3.05) is 5.88 Å². The average molecular weight is 171 g/mol. The second-order valence-electron chi connectivity index (χ2n) is 2.53.